The topological polar surface area (TPSA) is 47.9 Å². The molecule has 4 nitrogen and oxygen atoms in total. The summed E-state index contributed by atoms with van der Waals surface area (Å²) < 4.78 is 7.15. The second kappa shape index (κ2) is 15.4. The zero-order valence-electron chi connectivity index (χ0n) is 35.7. The molecule has 1 spiro atoms. The van der Waals surface area contributed by atoms with Gasteiger partial charge in [-0.25, -0.2) is 15.0 Å². The quantitative estimate of drug-likeness (QED) is 0.119. The molecule has 12 rings (SSSR count). The van der Waals surface area contributed by atoms with Gasteiger partial charge in [-0.3, -0.25) is 0 Å². The van der Waals surface area contributed by atoms with Crippen molar-refractivity contribution in [1.29, 1.82) is 0 Å². The third kappa shape index (κ3) is 6.10. The van der Waals surface area contributed by atoms with Crippen molar-refractivity contribution >= 4 is 32.8 Å². The third-order valence-corrected chi connectivity index (χ3v) is 13.1. The van der Waals surface area contributed by atoms with Crippen molar-refractivity contribution in [3.63, 3.8) is 0 Å². The number of pyridine rings is 1. The van der Waals surface area contributed by atoms with Crippen LogP contribution in [-0.4, -0.2) is 15.0 Å². The molecule has 2 aromatic heterocycles. The number of ether oxygens (including phenoxy) is 1. The fourth-order valence-corrected chi connectivity index (χ4v) is 10.1. The van der Waals surface area contributed by atoms with Gasteiger partial charge < -0.3 is 4.74 Å². The lowest BCUT2D eigenvalue weighted by molar-refractivity contribution is 0.442. The molecule has 0 amide bonds. The molecule has 10 aromatic rings. The molecule has 4 heteroatoms. The van der Waals surface area contributed by atoms with E-state index in [-0.39, 0.29) is 0 Å². The molecule has 0 bridgehead atoms. The molecule has 2 aliphatic rings. The van der Waals surface area contributed by atoms with Crippen LogP contribution in [0.25, 0.3) is 77.9 Å². The fourth-order valence-electron chi connectivity index (χ4n) is 10.1. The molecule has 0 N–H and O–H groups in total. The van der Waals surface area contributed by atoms with Crippen LogP contribution in [0.3, 0.4) is 0 Å². The van der Waals surface area contributed by atoms with Crippen LogP contribution in [0.15, 0.2) is 225 Å². The van der Waals surface area contributed by atoms with E-state index >= 15 is 0 Å². The molecule has 0 fully saturated rings. The molecule has 8 aromatic carbocycles. The summed E-state index contributed by atoms with van der Waals surface area (Å²) in [7, 11) is 0. The molecule has 3 heterocycles. The maximum atomic E-state index is 7.15. The molecule has 0 unspecified atom stereocenters. The van der Waals surface area contributed by atoms with E-state index in [0.717, 1.165) is 94.8 Å². The van der Waals surface area contributed by atoms with E-state index in [1.54, 1.807) is 0 Å². The van der Waals surface area contributed by atoms with Crippen molar-refractivity contribution in [2.45, 2.75) is 12.3 Å². The average molecular weight is 832 g/mol. The lowest BCUT2D eigenvalue weighted by atomic mass is 9.65. The van der Waals surface area contributed by atoms with Crippen molar-refractivity contribution in [3.05, 3.63) is 259 Å². The Hall–Kier alpha value is -8.47. The summed E-state index contributed by atoms with van der Waals surface area (Å²) in [6.45, 7) is 6.31. The summed E-state index contributed by atoms with van der Waals surface area (Å²) in [6.07, 6.45) is 6.14. The average Bonchev–Trinajstić information content (AvgIpc) is 3.67. The minimum absolute atomic E-state index is 0.556. The predicted octanol–water partition coefficient (Wildman–Crippen LogP) is 15.3. The third-order valence-electron chi connectivity index (χ3n) is 13.1. The van der Waals surface area contributed by atoms with Gasteiger partial charge >= 0.3 is 0 Å². The van der Waals surface area contributed by atoms with Crippen LogP contribution in [0.2, 0.25) is 0 Å². The summed E-state index contributed by atoms with van der Waals surface area (Å²) in [5.74, 6) is 2.43. The van der Waals surface area contributed by atoms with Crippen LogP contribution in [0.5, 0.6) is 11.5 Å². The van der Waals surface area contributed by atoms with E-state index in [2.05, 4.69) is 177 Å². The van der Waals surface area contributed by atoms with Gasteiger partial charge in [0, 0.05) is 44.0 Å². The Morgan fingerprint density at radius 1 is 0.523 bits per heavy atom. The van der Waals surface area contributed by atoms with Gasteiger partial charge in [-0.15, -0.1) is 0 Å². The summed E-state index contributed by atoms with van der Waals surface area (Å²) in [5, 5.41) is 3.16. The van der Waals surface area contributed by atoms with Crippen molar-refractivity contribution in [2.24, 2.45) is 0 Å². The maximum absolute atomic E-state index is 7.15. The van der Waals surface area contributed by atoms with E-state index in [9.17, 15) is 0 Å². The van der Waals surface area contributed by atoms with Crippen LogP contribution in [0.1, 0.15) is 40.4 Å². The van der Waals surface area contributed by atoms with Crippen LogP contribution in [-0.2, 0) is 5.41 Å². The summed E-state index contributed by atoms with van der Waals surface area (Å²) in [5.41, 5.74) is 16.5. The fraction of sp³-hybridized carbons (Fsp3) is 0.0328. The van der Waals surface area contributed by atoms with Crippen LogP contribution < -0.4 is 4.74 Å². The second-order valence-electron chi connectivity index (χ2n) is 16.7. The lowest BCUT2D eigenvalue weighted by Gasteiger charge is -2.40. The molecule has 306 valence electrons. The molecule has 0 saturated carbocycles. The van der Waals surface area contributed by atoms with Gasteiger partial charge in [0.2, 0.25) is 0 Å². The first-order valence-electron chi connectivity index (χ1n) is 22.0. The number of nitrogens with zero attached hydrogens (tertiary/aromatic N) is 3. The van der Waals surface area contributed by atoms with E-state index in [1.807, 2.05) is 54.6 Å². The number of fused-ring (bicyclic) bond motifs is 13. The van der Waals surface area contributed by atoms with Gasteiger partial charge in [-0.05, 0) is 64.1 Å². The first-order valence-corrected chi connectivity index (χ1v) is 22.0. The van der Waals surface area contributed by atoms with Crippen LogP contribution >= 0.6 is 0 Å². The maximum Gasteiger partial charge on any atom is 0.160 e. The van der Waals surface area contributed by atoms with Gasteiger partial charge in [0.05, 0.1) is 28.0 Å². The summed E-state index contributed by atoms with van der Waals surface area (Å²) in [6, 6.07) is 70.4. The predicted molar refractivity (Wildman–Crippen MR) is 267 cm³/mol. The van der Waals surface area contributed by atoms with Gasteiger partial charge in [0.25, 0.3) is 0 Å². The first-order chi connectivity index (χ1) is 32.1. The number of rotatable bonds is 7. The van der Waals surface area contributed by atoms with Crippen LogP contribution in [0, 0.1) is 0 Å². The zero-order valence-corrected chi connectivity index (χ0v) is 35.7. The summed E-state index contributed by atoms with van der Waals surface area (Å²) in [4.78, 5) is 15.4. The van der Waals surface area contributed by atoms with Crippen molar-refractivity contribution in [3.8, 4) is 56.5 Å². The number of hydrogen-bond donors (Lipinski definition) is 0. The Balaban J connectivity index is 0.965. The Kier molecular flexibility index (Phi) is 9.06. The molecule has 0 saturated heterocycles. The first kappa shape index (κ1) is 38.2. The Bertz CT molecular complexity index is 3480. The monoisotopic (exact) mass is 831 g/mol. The minimum atomic E-state index is -0.556. The highest BCUT2D eigenvalue weighted by Gasteiger charge is 2.51. The van der Waals surface area contributed by atoms with Gasteiger partial charge in [0.15, 0.2) is 5.82 Å². The largest absolute Gasteiger partial charge is 0.456 e. The molecular weight excluding hydrogens is 791 g/mol. The molecule has 1 aliphatic carbocycles. The van der Waals surface area contributed by atoms with E-state index < -0.39 is 5.41 Å². The smallest absolute Gasteiger partial charge is 0.160 e. The van der Waals surface area contributed by atoms with Gasteiger partial charge in [0.1, 0.15) is 11.5 Å². The molecule has 1 aliphatic heterocycles. The minimum Gasteiger partial charge on any atom is -0.456 e. The summed E-state index contributed by atoms with van der Waals surface area (Å²) >= 11 is 0. The number of hydrogen-bond acceptors (Lipinski definition) is 4. The zero-order chi connectivity index (χ0) is 43.5. The number of para-hydroxylation sites is 2. The highest BCUT2D eigenvalue weighted by atomic mass is 16.5. The van der Waals surface area contributed by atoms with E-state index in [0.29, 0.717) is 5.82 Å². The lowest BCUT2D eigenvalue weighted by Crippen LogP contribution is -2.32. The Morgan fingerprint density at radius 2 is 1.15 bits per heavy atom. The molecule has 0 atom stereocenters. The van der Waals surface area contributed by atoms with Crippen molar-refractivity contribution in [2.75, 3.05) is 0 Å². The van der Waals surface area contributed by atoms with E-state index in [4.69, 9.17) is 19.7 Å². The van der Waals surface area contributed by atoms with Crippen molar-refractivity contribution < 1.29 is 4.74 Å². The molecule has 65 heavy (non-hydrogen) atoms. The SMILES string of the molecule is C=C/C(=C\C=C(/C)c1cc(-c2ccccc2)nc(-c2ccccc2)n1)c1ccc(-c2nc3ccccc3c3c4c(ccc23)C2(c3ccccc3O4)c3ccccc3-c3ccccc32)cc1. The molecule has 0 radical (unpaired) electrons. The van der Waals surface area contributed by atoms with Gasteiger partial charge in [-0.1, -0.05) is 207 Å². The van der Waals surface area contributed by atoms with Gasteiger partial charge in [-0.2, -0.15) is 0 Å². The second-order valence-corrected chi connectivity index (χ2v) is 16.7. The number of benzene rings is 8. The number of aromatic nitrogens is 3. The standard InChI is InChI=1S/C61H41N3O/c1-3-40(31-30-39(2)54-38-55(42-18-6-4-7-19-42)64-60(63-54)44-20-8-5-9-21-44)41-32-34-43(35-33-41)58-48-36-37-52-59(57(48)47-24-12-16-28-53(47)62-58)65-56-29-17-15-27-51(56)61(52)49-25-13-10-22-45(49)46-23-11-14-26-50(46)61/h3-38H,1H2,2H3/b39-30+,40-31+. The van der Waals surface area contributed by atoms with Crippen molar-refractivity contribution in [1.82, 2.24) is 15.0 Å². The Labute approximate surface area is 378 Å². The van der Waals surface area contributed by atoms with Crippen LogP contribution in [0.4, 0.5) is 0 Å². The highest BCUT2D eigenvalue weighted by molar-refractivity contribution is 6.15. The number of allylic oxidation sites excluding steroid dienone is 5. The molecular formula is C61H41N3O. The normalized spacial score (nSPS) is 13.5. The van der Waals surface area contributed by atoms with E-state index in [1.165, 1.54) is 22.3 Å². The Morgan fingerprint density at radius 3 is 1.88 bits per heavy atom. The highest BCUT2D eigenvalue weighted by Crippen LogP contribution is 2.63.